The topological polar surface area (TPSA) is 105 Å². The molecule has 0 spiro atoms. The maximum atomic E-state index is 11.6. The number of ether oxygens (including phenoxy) is 3. The van der Waals surface area contributed by atoms with Crippen LogP contribution in [0, 0.1) is 0 Å². The number of rotatable bonds is 25. The molecule has 0 aromatic carbocycles. The van der Waals surface area contributed by atoms with Crippen LogP contribution in [-0.2, 0) is 19.0 Å². The second-order valence-electron chi connectivity index (χ2n) is 14.0. The van der Waals surface area contributed by atoms with Crippen molar-refractivity contribution in [1.82, 2.24) is 0 Å². The van der Waals surface area contributed by atoms with E-state index in [-0.39, 0.29) is 48.7 Å². The van der Waals surface area contributed by atoms with Gasteiger partial charge in [-0.15, -0.1) is 0 Å². The number of hydrogen-bond donors (Lipinski definition) is 3. The molecule has 2 fully saturated rings. The molecule has 3 aliphatic heterocycles. The molecular weight excluding hydrogens is 556 g/mol. The van der Waals surface area contributed by atoms with Crippen molar-refractivity contribution in [2.24, 2.45) is 0 Å². The number of aliphatic hydroxyl groups is 3. The molecule has 0 radical (unpaired) electrons. The van der Waals surface area contributed by atoms with Gasteiger partial charge in [-0.05, 0) is 77.2 Å². The van der Waals surface area contributed by atoms with Crippen LogP contribution in [0.25, 0.3) is 0 Å². The smallest absolute Gasteiger partial charge is 0.334 e. The number of hydrogen-bond acceptors (Lipinski definition) is 7. The lowest BCUT2D eigenvalue weighted by Crippen LogP contribution is -2.33. The van der Waals surface area contributed by atoms with Gasteiger partial charge in [0.25, 0.3) is 0 Å². The standard InChI is InChI=1S/C37H66O7/c1-3-4-5-6-7-8-12-15-21-31(39)33-23-25-35(43-33)36-26-24-34(44-36)32(40)22-17-16-20-30(38)19-14-11-9-10-13-18-29-27-28(2)42-37(29)41/h27-28,30-36,38-40H,3-26H2,1-2H3/t28-,30+,31+,32+,33+,34+,35+,36+/m0/s1. The van der Waals surface area contributed by atoms with Gasteiger partial charge in [0.05, 0.1) is 42.7 Å². The Labute approximate surface area is 268 Å². The SMILES string of the molecule is CCCCCCCCCC[C@@H](O)[C@H]1CC[C@H]([C@H]2CC[C@H]([C@H](O)CCCC[C@H](O)CCCCCCCC3=C[C@H](C)OC3=O)O2)O1. The van der Waals surface area contributed by atoms with E-state index in [1.165, 1.54) is 44.9 Å². The van der Waals surface area contributed by atoms with E-state index in [4.69, 9.17) is 14.2 Å². The molecule has 0 unspecified atom stereocenters. The zero-order chi connectivity index (χ0) is 31.6. The summed E-state index contributed by atoms with van der Waals surface area (Å²) in [6, 6.07) is 0. The monoisotopic (exact) mass is 622 g/mol. The summed E-state index contributed by atoms with van der Waals surface area (Å²) in [4.78, 5) is 11.6. The van der Waals surface area contributed by atoms with Gasteiger partial charge in [0, 0.05) is 5.57 Å². The van der Waals surface area contributed by atoms with E-state index in [1.807, 2.05) is 13.0 Å². The van der Waals surface area contributed by atoms with Gasteiger partial charge in [-0.25, -0.2) is 4.79 Å². The van der Waals surface area contributed by atoms with Crippen molar-refractivity contribution in [1.29, 1.82) is 0 Å². The highest BCUT2D eigenvalue weighted by atomic mass is 16.6. The van der Waals surface area contributed by atoms with E-state index in [0.717, 1.165) is 108 Å². The van der Waals surface area contributed by atoms with Gasteiger partial charge in [-0.3, -0.25) is 0 Å². The van der Waals surface area contributed by atoms with Gasteiger partial charge < -0.3 is 29.5 Å². The Morgan fingerprint density at radius 1 is 0.659 bits per heavy atom. The van der Waals surface area contributed by atoms with Crippen LogP contribution < -0.4 is 0 Å². The highest BCUT2D eigenvalue weighted by Crippen LogP contribution is 2.34. The van der Waals surface area contributed by atoms with E-state index >= 15 is 0 Å². The maximum absolute atomic E-state index is 11.6. The van der Waals surface area contributed by atoms with Crippen LogP contribution in [0.3, 0.4) is 0 Å². The van der Waals surface area contributed by atoms with Crippen molar-refractivity contribution in [2.45, 2.75) is 217 Å². The van der Waals surface area contributed by atoms with Crippen LogP contribution in [0.15, 0.2) is 11.6 Å². The predicted molar refractivity (Wildman–Crippen MR) is 175 cm³/mol. The summed E-state index contributed by atoms with van der Waals surface area (Å²) in [7, 11) is 0. The fourth-order valence-corrected chi connectivity index (χ4v) is 7.27. The molecule has 0 aromatic rings. The molecule has 0 aliphatic carbocycles. The van der Waals surface area contributed by atoms with Gasteiger partial charge in [-0.1, -0.05) is 96.8 Å². The molecule has 0 saturated carbocycles. The van der Waals surface area contributed by atoms with E-state index in [2.05, 4.69) is 6.92 Å². The summed E-state index contributed by atoms with van der Waals surface area (Å²) < 4.78 is 17.7. The summed E-state index contributed by atoms with van der Waals surface area (Å²) >= 11 is 0. The molecule has 3 N–H and O–H groups in total. The molecule has 44 heavy (non-hydrogen) atoms. The molecule has 0 amide bonds. The van der Waals surface area contributed by atoms with Gasteiger partial charge in [0.15, 0.2) is 0 Å². The first-order chi connectivity index (χ1) is 21.4. The molecule has 0 bridgehead atoms. The molecule has 7 heteroatoms. The van der Waals surface area contributed by atoms with Crippen molar-refractivity contribution in [3.05, 3.63) is 11.6 Å². The van der Waals surface area contributed by atoms with Crippen LogP contribution in [-0.4, -0.2) is 70.1 Å². The molecule has 2 saturated heterocycles. The first kappa shape index (κ1) is 37.5. The zero-order valence-corrected chi connectivity index (χ0v) is 28.1. The second kappa shape index (κ2) is 21.7. The van der Waals surface area contributed by atoms with Crippen LogP contribution in [0.1, 0.15) is 168 Å². The number of unbranched alkanes of at least 4 members (excludes halogenated alkanes) is 12. The fourth-order valence-electron chi connectivity index (χ4n) is 7.27. The third kappa shape index (κ3) is 14.2. The minimum absolute atomic E-state index is 0.0248. The molecule has 3 rings (SSSR count). The van der Waals surface area contributed by atoms with Crippen molar-refractivity contribution >= 4 is 5.97 Å². The largest absolute Gasteiger partial charge is 0.455 e. The van der Waals surface area contributed by atoms with Crippen molar-refractivity contribution in [2.75, 3.05) is 0 Å². The number of aliphatic hydroxyl groups excluding tert-OH is 3. The summed E-state index contributed by atoms with van der Waals surface area (Å²) in [5, 5.41) is 31.8. The summed E-state index contributed by atoms with van der Waals surface area (Å²) in [6.45, 7) is 4.14. The van der Waals surface area contributed by atoms with Crippen LogP contribution in [0.4, 0.5) is 0 Å². The Bertz CT molecular complexity index is 801. The van der Waals surface area contributed by atoms with Crippen LogP contribution in [0.5, 0.6) is 0 Å². The maximum Gasteiger partial charge on any atom is 0.334 e. The Morgan fingerprint density at radius 2 is 1.11 bits per heavy atom. The lowest BCUT2D eigenvalue weighted by molar-refractivity contribution is -0.139. The third-order valence-corrected chi connectivity index (χ3v) is 10.1. The highest BCUT2D eigenvalue weighted by molar-refractivity contribution is 5.90. The number of cyclic esters (lactones) is 1. The van der Waals surface area contributed by atoms with Crippen LogP contribution >= 0.6 is 0 Å². The molecular formula is C37H66O7. The van der Waals surface area contributed by atoms with Crippen molar-refractivity contribution in [3.8, 4) is 0 Å². The number of carbonyl (C=O) groups is 1. The average molecular weight is 623 g/mol. The molecule has 0 aromatic heterocycles. The van der Waals surface area contributed by atoms with Gasteiger partial charge in [0.1, 0.15) is 6.10 Å². The van der Waals surface area contributed by atoms with Crippen molar-refractivity contribution < 1.29 is 34.3 Å². The lowest BCUT2D eigenvalue weighted by atomic mass is 9.99. The van der Waals surface area contributed by atoms with Crippen molar-refractivity contribution in [3.63, 3.8) is 0 Å². The molecule has 3 aliphatic rings. The van der Waals surface area contributed by atoms with E-state index in [9.17, 15) is 20.1 Å². The fraction of sp³-hybridized carbons (Fsp3) is 0.919. The zero-order valence-electron chi connectivity index (χ0n) is 28.1. The Hall–Kier alpha value is -0.990. The molecule has 3 heterocycles. The summed E-state index contributed by atoms with van der Waals surface area (Å²) in [5.41, 5.74) is 0.828. The van der Waals surface area contributed by atoms with Gasteiger partial charge in [-0.2, -0.15) is 0 Å². The Balaban J connectivity index is 1.14. The minimum Gasteiger partial charge on any atom is -0.455 e. The Morgan fingerprint density at radius 3 is 1.64 bits per heavy atom. The Kier molecular flexibility index (Phi) is 18.5. The van der Waals surface area contributed by atoms with E-state index < -0.39 is 6.10 Å². The van der Waals surface area contributed by atoms with Gasteiger partial charge >= 0.3 is 5.97 Å². The molecule has 256 valence electrons. The van der Waals surface area contributed by atoms with E-state index in [0.29, 0.717) is 6.42 Å². The molecule has 7 nitrogen and oxygen atoms in total. The third-order valence-electron chi connectivity index (χ3n) is 10.1. The first-order valence-corrected chi connectivity index (χ1v) is 18.6. The summed E-state index contributed by atoms with van der Waals surface area (Å²) in [6.07, 6.45) is 25.6. The average Bonchev–Trinajstić information content (AvgIpc) is 3.76. The lowest BCUT2D eigenvalue weighted by Gasteiger charge is -2.24. The molecule has 8 atom stereocenters. The second-order valence-corrected chi connectivity index (χ2v) is 14.0. The number of esters is 1. The van der Waals surface area contributed by atoms with E-state index in [1.54, 1.807) is 0 Å². The predicted octanol–water partition coefficient (Wildman–Crippen LogP) is 7.86. The minimum atomic E-state index is -0.466. The highest BCUT2D eigenvalue weighted by Gasteiger charge is 2.40. The normalized spacial score (nSPS) is 27.4. The number of carbonyl (C=O) groups excluding carboxylic acids is 1. The van der Waals surface area contributed by atoms with Gasteiger partial charge in [0.2, 0.25) is 0 Å². The summed E-state index contributed by atoms with van der Waals surface area (Å²) in [5.74, 6) is -0.152. The quantitative estimate of drug-likeness (QED) is 0.0703. The first-order valence-electron chi connectivity index (χ1n) is 18.6. The van der Waals surface area contributed by atoms with Crippen LogP contribution in [0.2, 0.25) is 0 Å².